The van der Waals surface area contributed by atoms with Crippen molar-refractivity contribution in [3.8, 4) is 0 Å². The molecule has 1 aromatic rings. The van der Waals surface area contributed by atoms with Crippen LogP contribution in [0.1, 0.15) is 57.7 Å². The third-order valence-corrected chi connectivity index (χ3v) is 4.17. The van der Waals surface area contributed by atoms with Crippen molar-refractivity contribution in [2.45, 2.75) is 59.1 Å². The van der Waals surface area contributed by atoms with Crippen molar-refractivity contribution in [2.75, 3.05) is 13.2 Å². The van der Waals surface area contributed by atoms with Crippen LogP contribution in [0.25, 0.3) is 0 Å². The molecule has 0 spiro atoms. The number of likely N-dealkylation sites (N-methyl/N-ethyl adjacent to an activating group) is 1. The van der Waals surface area contributed by atoms with Gasteiger partial charge in [0, 0.05) is 12.2 Å². The van der Waals surface area contributed by atoms with Gasteiger partial charge in [0.2, 0.25) is 0 Å². The van der Waals surface area contributed by atoms with Gasteiger partial charge in [0.15, 0.2) is 0 Å². The molecule has 1 aromatic carbocycles. The Morgan fingerprint density at radius 1 is 1.14 bits per heavy atom. The summed E-state index contributed by atoms with van der Waals surface area (Å²) in [5, 5.41) is 3.23. The second kappa shape index (κ2) is 7.85. The summed E-state index contributed by atoms with van der Waals surface area (Å²) in [6.45, 7) is 10.6. The molecule has 120 valence electrons. The fourth-order valence-electron chi connectivity index (χ4n) is 2.93. The molecule has 1 N–H and O–H groups in total. The maximum absolute atomic E-state index is 14.5. The van der Waals surface area contributed by atoms with E-state index in [9.17, 15) is 8.78 Å². The Balaban J connectivity index is 3.44. The molecule has 0 radical (unpaired) electrons. The summed E-state index contributed by atoms with van der Waals surface area (Å²) >= 11 is 0. The summed E-state index contributed by atoms with van der Waals surface area (Å²) in [4.78, 5) is 0. The van der Waals surface area contributed by atoms with Crippen molar-refractivity contribution in [1.29, 1.82) is 0 Å². The Bertz CT molecular complexity index is 458. The van der Waals surface area contributed by atoms with Crippen LogP contribution in [0.2, 0.25) is 0 Å². The van der Waals surface area contributed by atoms with Crippen LogP contribution in [-0.2, 0) is 4.74 Å². The molecular weight excluding hydrogens is 272 g/mol. The molecule has 0 aromatic heterocycles. The second-order valence-electron chi connectivity index (χ2n) is 5.29. The van der Waals surface area contributed by atoms with Crippen LogP contribution in [0.15, 0.2) is 12.1 Å². The number of ether oxygens (including phenoxy) is 1. The zero-order valence-electron chi connectivity index (χ0n) is 13.7. The molecule has 1 atom stereocenters. The van der Waals surface area contributed by atoms with Gasteiger partial charge in [-0.25, -0.2) is 8.78 Å². The van der Waals surface area contributed by atoms with Gasteiger partial charge >= 0.3 is 0 Å². The Labute approximate surface area is 126 Å². The van der Waals surface area contributed by atoms with Gasteiger partial charge in [0.25, 0.3) is 0 Å². The highest BCUT2D eigenvalue weighted by Gasteiger charge is 2.40. The second-order valence-corrected chi connectivity index (χ2v) is 5.29. The maximum Gasteiger partial charge on any atom is 0.133 e. The number of halogens is 2. The summed E-state index contributed by atoms with van der Waals surface area (Å²) < 4.78 is 34.8. The van der Waals surface area contributed by atoms with Crippen LogP contribution in [0.4, 0.5) is 8.78 Å². The first-order chi connectivity index (χ1) is 9.97. The summed E-state index contributed by atoms with van der Waals surface area (Å²) in [7, 11) is 0. The molecule has 1 rings (SSSR count). The molecule has 0 fully saturated rings. The van der Waals surface area contributed by atoms with Gasteiger partial charge in [-0.15, -0.1) is 0 Å². The van der Waals surface area contributed by atoms with Crippen molar-refractivity contribution in [3.63, 3.8) is 0 Å². The van der Waals surface area contributed by atoms with Crippen LogP contribution in [0.5, 0.6) is 0 Å². The molecule has 21 heavy (non-hydrogen) atoms. The number of aryl methyl sites for hydroxylation is 1. The summed E-state index contributed by atoms with van der Waals surface area (Å²) in [5.41, 5.74) is -0.0684. The van der Waals surface area contributed by atoms with Crippen molar-refractivity contribution >= 4 is 0 Å². The Hall–Kier alpha value is -1.00. The third-order valence-electron chi connectivity index (χ3n) is 4.17. The van der Waals surface area contributed by atoms with Gasteiger partial charge in [-0.05, 0) is 44.9 Å². The standard InChI is InChI=1S/C17H27F2NO/c1-6-17(7-2,21-9-4)16(20-8-3)14-13(18)11-10-12(5)15(14)19/h10-11,16,20H,6-9H2,1-5H3. The third kappa shape index (κ3) is 3.61. The van der Waals surface area contributed by atoms with E-state index >= 15 is 0 Å². The molecule has 1 unspecified atom stereocenters. The fraction of sp³-hybridized carbons (Fsp3) is 0.647. The zero-order chi connectivity index (χ0) is 16.0. The van der Waals surface area contributed by atoms with Gasteiger partial charge in [-0.1, -0.05) is 26.8 Å². The first-order valence-corrected chi connectivity index (χ1v) is 7.79. The predicted molar refractivity (Wildman–Crippen MR) is 82.5 cm³/mol. The average molecular weight is 299 g/mol. The molecule has 0 aliphatic carbocycles. The molecule has 0 aliphatic heterocycles. The van der Waals surface area contributed by atoms with E-state index in [0.29, 0.717) is 31.6 Å². The average Bonchev–Trinajstić information content (AvgIpc) is 2.48. The lowest BCUT2D eigenvalue weighted by Crippen LogP contribution is -2.46. The summed E-state index contributed by atoms with van der Waals surface area (Å²) in [5.74, 6) is -0.998. The van der Waals surface area contributed by atoms with Gasteiger partial charge in [0.1, 0.15) is 11.6 Å². The van der Waals surface area contributed by atoms with E-state index in [0.717, 1.165) is 0 Å². The minimum absolute atomic E-state index is 0.0917. The van der Waals surface area contributed by atoms with Gasteiger partial charge in [0.05, 0.1) is 11.6 Å². The molecule has 2 nitrogen and oxygen atoms in total. The van der Waals surface area contributed by atoms with Crippen LogP contribution in [0, 0.1) is 18.6 Å². The number of hydrogen-bond donors (Lipinski definition) is 1. The van der Waals surface area contributed by atoms with E-state index in [1.807, 2.05) is 27.7 Å². The highest BCUT2D eigenvalue weighted by molar-refractivity contribution is 5.31. The van der Waals surface area contributed by atoms with E-state index in [1.54, 1.807) is 6.92 Å². The van der Waals surface area contributed by atoms with E-state index in [1.165, 1.54) is 12.1 Å². The lowest BCUT2D eigenvalue weighted by molar-refractivity contribution is -0.0744. The number of benzene rings is 1. The molecule has 0 heterocycles. The highest BCUT2D eigenvalue weighted by atomic mass is 19.1. The van der Waals surface area contributed by atoms with E-state index in [-0.39, 0.29) is 5.56 Å². The first-order valence-electron chi connectivity index (χ1n) is 7.79. The van der Waals surface area contributed by atoms with Crippen LogP contribution < -0.4 is 5.32 Å². The Kier molecular flexibility index (Phi) is 6.75. The molecule has 0 saturated heterocycles. The normalized spacial score (nSPS) is 13.5. The summed E-state index contributed by atoms with van der Waals surface area (Å²) in [6, 6.07) is 2.30. The lowest BCUT2D eigenvalue weighted by atomic mass is 9.82. The van der Waals surface area contributed by atoms with E-state index < -0.39 is 23.3 Å². The highest BCUT2D eigenvalue weighted by Crippen LogP contribution is 2.38. The maximum atomic E-state index is 14.5. The van der Waals surface area contributed by atoms with E-state index in [4.69, 9.17) is 4.74 Å². The molecule has 0 bridgehead atoms. The zero-order valence-corrected chi connectivity index (χ0v) is 13.7. The molecule has 0 amide bonds. The quantitative estimate of drug-likeness (QED) is 0.762. The summed E-state index contributed by atoms with van der Waals surface area (Å²) in [6.07, 6.45) is 1.36. The largest absolute Gasteiger partial charge is 0.373 e. The number of hydrogen-bond acceptors (Lipinski definition) is 2. The van der Waals surface area contributed by atoms with Crippen molar-refractivity contribution in [3.05, 3.63) is 34.9 Å². The Morgan fingerprint density at radius 3 is 2.24 bits per heavy atom. The topological polar surface area (TPSA) is 21.3 Å². The molecule has 4 heteroatoms. The van der Waals surface area contributed by atoms with Gasteiger partial charge < -0.3 is 10.1 Å². The van der Waals surface area contributed by atoms with Crippen LogP contribution in [0.3, 0.4) is 0 Å². The lowest BCUT2D eigenvalue weighted by Gasteiger charge is -2.40. The van der Waals surface area contributed by atoms with Crippen molar-refractivity contribution < 1.29 is 13.5 Å². The first kappa shape index (κ1) is 18.1. The van der Waals surface area contributed by atoms with Crippen LogP contribution in [-0.4, -0.2) is 18.8 Å². The van der Waals surface area contributed by atoms with E-state index in [2.05, 4.69) is 5.32 Å². The SMILES string of the molecule is CCNC(c1c(F)ccc(C)c1F)C(CC)(CC)OCC. The molecular formula is C17H27F2NO. The Morgan fingerprint density at radius 2 is 1.76 bits per heavy atom. The van der Waals surface area contributed by atoms with Gasteiger partial charge in [-0.2, -0.15) is 0 Å². The minimum Gasteiger partial charge on any atom is -0.373 e. The minimum atomic E-state index is -0.611. The smallest absolute Gasteiger partial charge is 0.133 e. The van der Waals surface area contributed by atoms with Crippen LogP contribution >= 0.6 is 0 Å². The number of rotatable bonds is 8. The monoisotopic (exact) mass is 299 g/mol. The van der Waals surface area contributed by atoms with Crippen molar-refractivity contribution in [2.24, 2.45) is 0 Å². The fourth-order valence-corrected chi connectivity index (χ4v) is 2.93. The predicted octanol–water partition coefficient (Wildman–Crippen LogP) is 4.52. The number of nitrogens with one attached hydrogen (secondary N) is 1. The molecule has 0 saturated carbocycles. The van der Waals surface area contributed by atoms with Crippen molar-refractivity contribution in [1.82, 2.24) is 5.32 Å². The van der Waals surface area contributed by atoms with Gasteiger partial charge in [-0.3, -0.25) is 0 Å². The molecule has 0 aliphatic rings.